The first-order valence-corrected chi connectivity index (χ1v) is 13.4. The average Bonchev–Trinajstić information content (AvgIpc) is 3.16. The summed E-state index contributed by atoms with van der Waals surface area (Å²) in [7, 11) is 0. The van der Waals surface area contributed by atoms with E-state index in [-0.39, 0.29) is 24.3 Å². The van der Waals surface area contributed by atoms with Crippen molar-refractivity contribution >= 4 is 23.8 Å². The molecule has 1 saturated heterocycles. The van der Waals surface area contributed by atoms with E-state index in [1.165, 1.54) is 4.90 Å². The van der Waals surface area contributed by atoms with Gasteiger partial charge >= 0.3 is 6.09 Å². The van der Waals surface area contributed by atoms with Crippen molar-refractivity contribution in [1.29, 1.82) is 0 Å². The van der Waals surface area contributed by atoms with E-state index in [1.54, 1.807) is 17.0 Å². The third-order valence-corrected chi connectivity index (χ3v) is 6.27. The molecule has 206 valence electrons. The summed E-state index contributed by atoms with van der Waals surface area (Å²) in [6.07, 6.45) is 3.49. The Labute approximate surface area is 225 Å². The smallest absolute Gasteiger partial charge is 0.410 e. The number of nitrogens with zero attached hydrogens (tertiary/aromatic N) is 2. The van der Waals surface area contributed by atoms with Gasteiger partial charge in [0.15, 0.2) is 0 Å². The van der Waals surface area contributed by atoms with Crippen LogP contribution in [0.3, 0.4) is 0 Å². The number of hydrogen-bond acceptors (Lipinski definition) is 6. The quantitative estimate of drug-likeness (QED) is 0.284. The van der Waals surface area contributed by atoms with Crippen LogP contribution in [0.1, 0.15) is 87.7 Å². The number of piperidine rings is 1. The van der Waals surface area contributed by atoms with Crippen LogP contribution < -0.4 is 5.32 Å². The van der Waals surface area contributed by atoms with Gasteiger partial charge in [-0.05, 0) is 63.8 Å². The Balaban J connectivity index is 1.57. The summed E-state index contributed by atoms with van der Waals surface area (Å²) in [5, 5.41) is 2.31. The van der Waals surface area contributed by atoms with Gasteiger partial charge in [0.25, 0.3) is 5.91 Å². The third kappa shape index (κ3) is 8.32. The molecule has 38 heavy (non-hydrogen) atoms. The van der Waals surface area contributed by atoms with E-state index in [1.807, 2.05) is 26.8 Å². The molecule has 3 rings (SSSR count). The second-order valence-electron chi connectivity index (χ2n) is 10.6. The first-order valence-electron chi connectivity index (χ1n) is 13.4. The Kier molecular flexibility index (Phi) is 10.3. The highest BCUT2D eigenvalue weighted by Gasteiger charge is 2.39. The van der Waals surface area contributed by atoms with Crippen molar-refractivity contribution in [2.24, 2.45) is 0 Å². The number of benzene rings is 1. The summed E-state index contributed by atoms with van der Waals surface area (Å²) >= 11 is 0. The maximum absolute atomic E-state index is 12.9. The number of carbonyl (C=O) groups excluding carboxylic acids is 4. The van der Waals surface area contributed by atoms with E-state index in [0.717, 1.165) is 37.0 Å². The molecule has 0 spiro atoms. The van der Waals surface area contributed by atoms with E-state index in [2.05, 4.69) is 24.1 Å². The molecule has 0 aromatic heterocycles. The molecular weight excluding hydrogens is 486 g/mol. The highest BCUT2D eigenvalue weighted by molar-refractivity contribution is 6.05. The van der Waals surface area contributed by atoms with Crippen molar-refractivity contribution in [3.05, 3.63) is 34.9 Å². The number of amides is 4. The van der Waals surface area contributed by atoms with Crippen LogP contribution in [0, 0.1) is 11.8 Å². The molecule has 1 atom stereocenters. The Hall–Kier alpha value is -3.38. The van der Waals surface area contributed by atoms with Crippen LogP contribution in [0.2, 0.25) is 0 Å². The first kappa shape index (κ1) is 29.2. The molecule has 0 radical (unpaired) electrons. The molecule has 2 aliphatic rings. The van der Waals surface area contributed by atoms with Crippen LogP contribution in [-0.2, 0) is 25.6 Å². The Morgan fingerprint density at radius 2 is 1.92 bits per heavy atom. The minimum atomic E-state index is -0.641. The zero-order chi connectivity index (χ0) is 27.7. The number of fused-ring (bicyclic) bond motifs is 1. The number of nitrogens with one attached hydrogen (secondary N) is 1. The van der Waals surface area contributed by atoms with E-state index < -0.39 is 17.6 Å². The van der Waals surface area contributed by atoms with Gasteiger partial charge in [-0.3, -0.25) is 19.7 Å². The number of imide groups is 1. The Morgan fingerprint density at radius 1 is 1.16 bits per heavy atom. The lowest BCUT2D eigenvalue weighted by Gasteiger charge is -2.29. The van der Waals surface area contributed by atoms with Gasteiger partial charge in [-0.15, -0.1) is 0 Å². The maximum atomic E-state index is 12.9. The summed E-state index contributed by atoms with van der Waals surface area (Å²) in [6.45, 7) is 10.2. The standard InChI is InChI=1S/C29H39N3O6/c1-5-6-17-37-18-9-16-31(28(36)38-29(2,3)4)15-8-7-10-21-11-12-23-22(19-21)20-32(27(23)35)24-13-14-25(33)30-26(24)34/h11-12,19,24H,5-6,8-9,13-18,20H2,1-4H3,(H,30,33,34). The molecule has 1 aromatic rings. The third-order valence-electron chi connectivity index (χ3n) is 6.27. The molecule has 0 bridgehead atoms. The summed E-state index contributed by atoms with van der Waals surface area (Å²) in [5.74, 6) is 5.31. The fourth-order valence-corrected chi connectivity index (χ4v) is 4.33. The average molecular weight is 526 g/mol. The second kappa shape index (κ2) is 13.4. The molecule has 0 aliphatic carbocycles. The first-order chi connectivity index (χ1) is 18.1. The van der Waals surface area contributed by atoms with E-state index >= 15 is 0 Å². The molecule has 9 nitrogen and oxygen atoms in total. The monoisotopic (exact) mass is 525 g/mol. The van der Waals surface area contributed by atoms with Crippen molar-refractivity contribution < 1.29 is 28.7 Å². The van der Waals surface area contributed by atoms with Gasteiger partial charge in [-0.2, -0.15) is 0 Å². The van der Waals surface area contributed by atoms with E-state index in [0.29, 0.717) is 44.6 Å². The maximum Gasteiger partial charge on any atom is 0.410 e. The topological polar surface area (TPSA) is 105 Å². The molecule has 0 saturated carbocycles. The lowest BCUT2D eigenvalue weighted by Crippen LogP contribution is -2.52. The predicted molar refractivity (Wildman–Crippen MR) is 142 cm³/mol. The fraction of sp³-hybridized carbons (Fsp3) is 0.586. The molecule has 2 aliphatic heterocycles. The van der Waals surface area contributed by atoms with Gasteiger partial charge in [-0.1, -0.05) is 25.2 Å². The van der Waals surface area contributed by atoms with Crippen LogP contribution in [-0.4, -0.2) is 71.6 Å². The minimum absolute atomic E-state index is 0.208. The van der Waals surface area contributed by atoms with Crippen molar-refractivity contribution in [2.75, 3.05) is 26.3 Å². The molecule has 2 heterocycles. The predicted octanol–water partition coefficient (Wildman–Crippen LogP) is 3.63. The van der Waals surface area contributed by atoms with Gasteiger partial charge < -0.3 is 19.3 Å². The van der Waals surface area contributed by atoms with Gasteiger partial charge in [0.2, 0.25) is 11.8 Å². The molecule has 4 amide bonds. The van der Waals surface area contributed by atoms with Gasteiger partial charge in [0.1, 0.15) is 11.6 Å². The second-order valence-corrected chi connectivity index (χ2v) is 10.6. The lowest BCUT2D eigenvalue weighted by atomic mass is 10.0. The highest BCUT2D eigenvalue weighted by atomic mass is 16.6. The number of hydrogen-bond donors (Lipinski definition) is 1. The van der Waals surface area contributed by atoms with Crippen molar-refractivity contribution in [2.45, 2.75) is 84.4 Å². The highest BCUT2D eigenvalue weighted by Crippen LogP contribution is 2.28. The minimum Gasteiger partial charge on any atom is -0.444 e. The molecule has 1 unspecified atom stereocenters. The van der Waals surface area contributed by atoms with Crippen LogP contribution in [0.15, 0.2) is 18.2 Å². The van der Waals surface area contributed by atoms with Crippen molar-refractivity contribution in [3.63, 3.8) is 0 Å². The van der Waals surface area contributed by atoms with Crippen LogP contribution in [0.5, 0.6) is 0 Å². The lowest BCUT2D eigenvalue weighted by molar-refractivity contribution is -0.136. The Morgan fingerprint density at radius 3 is 2.63 bits per heavy atom. The van der Waals surface area contributed by atoms with Gasteiger partial charge in [0, 0.05) is 56.8 Å². The number of unbranched alkanes of at least 4 members (excludes halogenated alkanes) is 1. The zero-order valence-corrected chi connectivity index (χ0v) is 22.9. The number of carbonyl (C=O) groups is 4. The number of ether oxygens (including phenoxy) is 2. The van der Waals surface area contributed by atoms with Gasteiger partial charge in [-0.25, -0.2) is 4.79 Å². The summed E-state index contributed by atoms with van der Waals surface area (Å²) in [4.78, 5) is 52.4. The number of rotatable bonds is 10. The van der Waals surface area contributed by atoms with Crippen LogP contribution in [0.4, 0.5) is 4.79 Å². The Bertz CT molecular complexity index is 1100. The molecule has 1 aromatic carbocycles. The summed E-state index contributed by atoms with van der Waals surface area (Å²) in [5.41, 5.74) is 1.54. The largest absolute Gasteiger partial charge is 0.444 e. The van der Waals surface area contributed by atoms with E-state index in [9.17, 15) is 19.2 Å². The molecule has 1 fully saturated rings. The molecule has 9 heteroatoms. The zero-order valence-electron chi connectivity index (χ0n) is 22.9. The molecule has 1 N–H and O–H groups in total. The normalized spacial score (nSPS) is 17.0. The SMILES string of the molecule is CCCCOCCCN(CCC#Cc1ccc2c(c1)CN(C1CCC(=O)NC1=O)C2=O)C(=O)OC(C)(C)C. The summed E-state index contributed by atoms with van der Waals surface area (Å²) < 4.78 is 11.2. The van der Waals surface area contributed by atoms with E-state index in [4.69, 9.17) is 9.47 Å². The molecular formula is C29H39N3O6. The van der Waals surface area contributed by atoms with Crippen molar-refractivity contribution in [1.82, 2.24) is 15.1 Å². The van der Waals surface area contributed by atoms with Crippen LogP contribution >= 0.6 is 0 Å². The fourth-order valence-electron chi connectivity index (χ4n) is 4.33. The van der Waals surface area contributed by atoms with Crippen LogP contribution in [0.25, 0.3) is 0 Å². The van der Waals surface area contributed by atoms with Gasteiger partial charge in [0.05, 0.1) is 0 Å². The van der Waals surface area contributed by atoms with Crippen molar-refractivity contribution in [3.8, 4) is 11.8 Å². The summed E-state index contributed by atoms with van der Waals surface area (Å²) in [6, 6.07) is 4.75.